The average Bonchev–Trinajstić information content (AvgIpc) is 3.39. The second kappa shape index (κ2) is 9.65. The van der Waals surface area contributed by atoms with Gasteiger partial charge in [-0.15, -0.1) is 5.10 Å². The summed E-state index contributed by atoms with van der Waals surface area (Å²) in [6, 6.07) is 22.3. The van der Waals surface area contributed by atoms with E-state index in [-0.39, 0.29) is 18.9 Å². The Morgan fingerprint density at radius 3 is 2.14 bits per heavy atom. The van der Waals surface area contributed by atoms with E-state index >= 15 is 0 Å². The zero-order valence-corrected chi connectivity index (χ0v) is 20.0. The lowest BCUT2D eigenvalue weighted by Crippen LogP contribution is -2.42. The number of alkyl carbamates (subject to hydrolysis) is 1. The summed E-state index contributed by atoms with van der Waals surface area (Å²) < 4.78 is 7.24. The van der Waals surface area contributed by atoms with E-state index in [0.29, 0.717) is 0 Å². The Morgan fingerprint density at radius 2 is 1.58 bits per heavy atom. The summed E-state index contributed by atoms with van der Waals surface area (Å²) in [5.74, 6) is -1.22. The van der Waals surface area contributed by atoms with Crippen LogP contribution in [-0.2, 0) is 16.0 Å². The molecule has 2 N–H and O–H groups in total. The summed E-state index contributed by atoms with van der Waals surface area (Å²) in [5, 5.41) is 20.4. The van der Waals surface area contributed by atoms with E-state index in [9.17, 15) is 14.7 Å². The van der Waals surface area contributed by atoms with Crippen molar-refractivity contribution in [1.82, 2.24) is 20.3 Å². The van der Waals surface area contributed by atoms with Crippen molar-refractivity contribution in [3.63, 3.8) is 0 Å². The van der Waals surface area contributed by atoms with Crippen LogP contribution in [0.2, 0.25) is 0 Å². The number of aromatic nitrogens is 3. The minimum absolute atomic E-state index is 0.0946. The molecule has 0 saturated carbocycles. The highest BCUT2D eigenvalue weighted by Crippen LogP contribution is 2.44. The van der Waals surface area contributed by atoms with E-state index in [2.05, 4.69) is 27.8 Å². The second-order valence-corrected chi connectivity index (χ2v) is 8.90. The number of carbonyl (C=O) groups excluding carboxylic acids is 1. The van der Waals surface area contributed by atoms with Gasteiger partial charge in [0.25, 0.3) is 0 Å². The van der Waals surface area contributed by atoms with E-state index in [1.807, 2.05) is 74.5 Å². The van der Waals surface area contributed by atoms with Crippen molar-refractivity contribution in [2.75, 3.05) is 6.61 Å². The SMILES string of the molecule is Cc1nnn(-c2ccc(C[C@H](NC(=O)OCC3c4ccccc4-c4ccccc43)C(=O)O)cc2)c1C. The van der Waals surface area contributed by atoms with Crippen LogP contribution in [0.1, 0.15) is 34.0 Å². The fourth-order valence-electron chi connectivity index (χ4n) is 4.64. The number of nitrogens with one attached hydrogen (secondary N) is 1. The van der Waals surface area contributed by atoms with E-state index in [1.165, 1.54) is 0 Å². The number of hydrogen-bond donors (Lipinski definition) is 2. The Bertz CT molecular complexity index is 1380. The van der Waals surface area contributed by atoms with Gasteiger partial charge < -0.3 is 15.2 Å². The molecule has 1 aliphatic carbocycles. The van der Waals surface area contributed by atoms with Crippen molar-refractivity contribution in [3.05, 3.63) is 101 Å². The molecule has 1 atom stereocenters. The van der Waals surface area contributed by atoms with Gasteiger partial charge in [-0.25, -0.2) is 14.3 Å². The normalized spacial score (nSPS) is 13.1. The molecule has 36 heavy (non-hydrogen) atoms. The number of rotatable bonds is 7. The minimum atomic E-state index is -1.13. The predicted octanol–water partition coefficient (Wildman–Crippen LogP) is 4.42. The first-order valence-electron chi connectivity index (χ1n) is 11.7. The molecule has 0 bridgehead atoms. The molecule has 182 valence electrons. The molecule has 3 aromatic carbocycles. The third-order valence-electron chi connectivity index (χ3n) is 6.68. The van der Waals surface area contributed by atoms with Crippen molar-refractivity contribution in [1.29, 1.82) is 0 Å². The highest BCUT2D eigenvalue weighted by Gasteiger charge is 2.29. The number of benzene rings is 3. The largest absolute Gasteiger partial charge is 0.480 e. The van der Waals surface area contributed by atoms with Gasteiger partial charge in [-0.2, -0.15) is 0 Å². The molecular weight excluding hydrogens is 456 g/mol. The van der Waals surface area contributed by atoms with Crippen molar-refractivity contribution in [3.8, 4) is 16.8 Å². The minimum Gasteiger partial charge on any atom is -0.480 e. The molecular formula is C28H26N4O4. The lowest BCUT2D eigenvalue weighted by molar-refractivity contribution is -0.139. The quantitative estimate of drug-likeness (QED) is 0.404. The Labute approximate surface area is 208 Å². The molecule has 8 heteroatoms. The molecule has 0 unspecified atom stereocenters. The maximum Gasteiger partial charge on any atom is 0.407 e. The van der Waals surface area contributed by atoms with Gasteiger partial charge in [0.15, 0.2) is 0 Å². The summed E-state index contributed by atoms with van der Waals surface area (Å²) in [6.45, 7) is 3.94. The van der Waals surface area contributed by atoms with Crippen LogP contribution >= 0.6 is 0 Å². The number of carboxylic acid groups (broad SMARTS) is 1. The van der Waals surface area contributed by atoms with Crippen LogP contribution < -0.4 is 5.32 Å². The van der Waals surface area contributed by atoms with Crippen LogP contribution in [0.3, 0.4) is 0 Å². The van der Waals surface area contributed by atoms with Crippen molar-refractivity contribution < 1.29 is 19.4 Å². The van der Waals surface area contributed by atoms with Gasteiger partial charge in [0.2, 0.25) is 0 Å². The smallest absolute Gasteiger partial charge is 0.407 e. The fourth-order valence-corrected chi connectivity index (χ4v) is 4.64. The summed E-state index contributed by atoms with van der Waals surface area (Å²) in [4.78, 5) is 24.5. The lowest BCUT2D eigenvalue weighted by Gasteiger charge is -2.17. The molecule has 1 heterocycles. The van der Waals surface area contributed by atoms with Crippen molar-refractivity contribution in [2.45, 2.75) is 32.2 Å². The number of nitrogens with zero attached hydrogens (tertiary/aromatic N) is 3. The Kier molecular flexibility index (Phi) is 6.25. The monoisotopic (exact) mass is 482 g/mol. The van der Waals surface area contributed by atoms with Crippen LogP contribution in [0.15, 0.2) is 72.8 Å². The van der Waals surface area contributed by atoms with Gasteiger partial charge in [0.05, 0.1) is 17.1 Å². The Balaban J connectivity index is 1.23. The summed E-state index contributed by atoms with van der Waals surface area (Å²) in [5.41, 5.74) is 7.82. The van der Waals surface area contributed by atoms with Crippen LogP contribution in [0.25, 0.3) is 16.8 Å². The zero-order valence-electron chi connectivity index (χ0n) is 20.0. The first-order chi connectivity index (χ1) is 17.4. The van der Waals surface area contributed by atoms with Crippen LogP contribution in [-0.4, -0.2) is 44.8 Å². The molecule has 5 rings (SSSR count). The first kappa shape index (κ1) is 23.3. The molecule has 0 radical (unpaired) electrons. The fraction of sp³-hybridized carbons (Fsp3) is 0.214. The average molecular weight is 483 g/mol. The summed E-state index contributed by atoms with van der Waals surface area (Å²) >= 11 is 0. The van der Waals surface area contributed by atoms with Gasteiger partial charge in [-0.05, 0) is 53.8 Å². The van der Waals surface area contributed by atoms with Crippen LogP contribution in [0, 0.1) is 13.8 Å². The van der Waals surface area contributed by atoms with Crippen LogP contribution in [0.5, 0.6) is 0 Å². The number of ether oxygens (including phenoxy) is 1. The van der Waals surface area contributed by atoms with E-state index in [0.717, 1.165) is 44.9 Å². The molecule has 1 aliphatic rings. The number of carboxylic acids is 1. The number of fused-ring (bicyclic) bond motifs is 3. The van der Waals surface area contributed by atoms with E-state index in [1.54, 1.807) is 4.68 Å². The van der Waals surface area contributed by atoms with Gasteiger partial charge >= 0.3 is 12.1 Å². The van der Waals surface area contributed by atoms with E-state index < -0.39 is 18.1 Å². The molecule has 0 fully saturated rings. The number of aliphatic carboxylic acids is 1. The number of carbonyl (C=O) groups is 2. The second-order valence-electron chi connectivity index (χ2n) is 8.90. The Hall–Kier alpha value is -4.46. The Morgan fingerprint density at radius 1 is 0.972 bits per heavy atom. The molecule has 1 amide bonds. The topological polar surface area (TPSA) is 106 Å². The molecule has 0 aliphatic heterocycles. The maximum atomic E-state index is 12.6. The maximum absolute atomic E-state index is 12.6. The van der Waals surface area contributed by atoms with Crippen molar-refractivity contribution >= 4 is 12.1 Å². The predicted molar refractivity (Wildman–Crippen MR) is 134 cm³/mol. The highest BCUT2D eigenvalue weighted by atomic mass is 16.5. The highest BCUT2D eigenvalue weighted by molar-refractivity contribution is 5.81. The standard InChI is InChI=1S/C28H26N4O4/c1-17-18(2)32(31-30-17)20-13-11-19(12-14-20)15-26(27(33)34)29-28(35)36-16-25-23-9-5-3-7-21(23)22-8-4-6-10-24(22)25/h3-14,25-26H,15-16H2,1-2H3,(H,29,35)(H,33,34)/t26-/m0/s1. The van der Waals surface area contributed by atoms with Crippen LogP contribution in [0.4, 0.5) is 4.79 Å². The van der Waals surface area contributed by atoms with Gasteiger partial charge in [0.1, 0.15) is 12.6 Å². The van der Waals surface area contributed by atoms with Gasteiger partial charge in [-0.3, -0.25) is 0 Å². The molecule has 0 saturated heterocycles. The summed E-state index contributed by atoms with van der Waals surface area (Å²) in [6.07, 6.45) is -0.635. The molecule has 8 nitrogen and oxygen atoms in total. The van der Waals surface area contributed by atoms with Gasteiger partial charge in [-0.1, -0.05) is 65.9 Å². The molecule has 0 spiro atoms. The van der Waals surface area contributed by atoms with Gasteiger partial charge in [0, 0.05) is 12.3 Å². The number of amides is 1. The zero-order chi connectivity index (χ0) is 25.2. The molecule has 1 aromatic heterocycles. The first-order valence-corrected chi connectivity index (χ1v) is 11.7. The molecule has 4 aromatic rings. The number of hydrogen-bond acceptors (Lipinski definition) is 5. The summed E-state index contributed by atoms with van der Waals surface area (Å²) in [7, 11) is 0. The third-order valence-corrected chi connectivity index (χ3v) is 6.68. The number of aryl methyl sites for hydroxylation is 1. The lowest BCUT2D eigenvalue weighted by atomic mass is 9.98. The van der Waals surface area contributed by atoms with E-state index in [4.69, 9.17) is 4.74 Å². The third kappa shape index (κ3) is 4.45. The van der Waals surface area contributed by atoms with Crippen molar-refractivity contribution in [2.24, 2.45) is 0 Å².